The first kappa shape index (κ1) is 9.18. The summed E-state index contributed by atoms with van der Waals surface area (Å²) >= 11 is 0. The summed E-state index contributed by atoms with van der Waals surface area (Å²) in [6.07, 6.45) is 8.79. The second-order valence-electron chi connectivity index (χ2n) is 1.96. The topological polar surface area (TPSA) is 26.0 Å². The van der Waals surface area contributed by atoms with Crippen molar-refractivity contribution in [1.82, 2.24) is 0 Å². The van der Waals surface area contributed by atoms with Gasteiger partial charge in [-0.3, -0.25) is 0 Å². The van der Waals surface area contributed by atoms with Crippen molar-refractivity contribution in [2.75, 3.05) is 6.54 Å². The molecule has 0 saturated carbocycles. The first-order chi connectivity index (χ1) is 4.85. The SMILES string of the molecule is C=C/C(=C\C=C\CN)CC. The monoisotopic (exact) mass is 137 g/mol. The van der Waals surface area contributed by atoms with Crippen molar-refractivity contribution in [3.63, 3.8) is 0 Å². The average molecular weight is 137 g/mol. The Morgan fingerprint density at radius 2 is 2.30 bits per heavy atom. The van der Waals surface area contributed by atoms with Crippen LogP contribution in [0.4, 0.5) is 0 Å². The van der Waals surface area contributed by atoms with Gasteiger partial charge in [0.25, 0.3) is 0 Å². The first-order valence-corrected chi connectivity index (χ1v) is 3.53. The van der Waals surface area contributed by atoms with Crippen LogP contribution in [0.15, 0.2) is 36.5 Å². The lowest BCUT2D eigenvalue weighted by Crippen LogP contribution is -1.91. The molecule has 0 spiro atoms. The van der Waals surface area contributed by atoms with Crippen LogP contribution in [0.25, 0.3) is 0 Å². The van der Waals surface area contributed by atoms with E-state index in [1.165, 1.54) is 5.57 Å². The molecule has 0 radical (unpaired) electrons. The van der Waals surface area contributed by atoms with E-state index in [1.54, 1.807) is 0 Å². The predicted octanol–water partition coefficient (Wildman–Crippen LogP) is 2.02. The van der Waals surface area contributed by atoms with E-state index in [1.807, 2.05) is 24.3 Å². The smallest absolute Gasteiger partial charge is 0.0109 e. The molecular weight excluding hydrogens is 122 g/mol. The van der Waals surface area contributed by atoms with Crippen LogP contribution >= 0.6 is 0 Å². The molecule has 0 aromatic heterocycles. The van der Waals surface area contributed by atoms with Crippen molar-refractivity contribution in [1.29, 1.82) is 0 Å². The van der Waals surface area contributed by atoms with Crippen molar-refractivity contribution in [3.05, 3.63) is 36.5 Å². The minimum absolute atomic E-state index is 0.602. The summed E-state index contributed by atoms with van der Waals surface area (Å²) in [4.78, 5) is 0. The van der Waals surface area contributed by atoms with E-state index >= 15 is 0 Å². The van der Waals surface area contributed by atoms with Crippen molar-refractivity contribution in [3.8, 4) is 0 Å². The number of allylic oxidation sites excluding steroid dienone is 4. The summed E-state index contributed by atoms with van der Waals surface area (Å²) in [5, 5.41) is 0. The van der Waals surface area contributed by atoms with Crippen LogP contribution in [-0.2, 0) is 0 Å². The highest BCUT2D eigenvalue weighted by Crippen LogP contribution is 2.00. The van der Waals surface area contributed by atoms with Crippen LogP contribution in [0.1, 0.15) is 13.3 Å². The van der Waals surface area contributed by atoms with Crippen LogP contribution in [0.3, 0.4) is 0 Å². The Labute approximate surface area is 62.9 Å². The van der Waals surface area contributed by atoms with E-state index in [-0.39, 0.29) is 0 Å². The van der Waals surface area contributed by atoms with Gasteiger partial charge >= 0.3 is 0 Å². The molecule has 1 heteroatoms. The normalized spacial score (nSPS) is 12.4. The van der Waals surface area contributed by atoms with Crippen molar-refractivity contribution >= 4 is 0 Å². The van der Waals surface area contributed by atoms with Gasteiger partial charge in [0.2, 0.25) is 0 Å². The molecule has 0 aliphatic rings. The lowest BCUT2D eigenvalue weighted by molar-refractivity contribution is 1.15. The Morgan fingerprint density at radius 1 is 1.60 bits per heavy atom. The molecule has 0 atom stereocenters. The fourth-order valence-electron chi connectivity index (χ4n) is 0.600. The Kier molecular flexibility index (Phi) is 5.79. The average Bonchev–Trinajstić information content (AvgIpc) is 1.99. The Bertz CT molecular complexity index is 143. The van der Waals surface area contributed by atoms with Gasteiger partial charge in [-0.1, -0.05) is 37.8 Å². The minimum atomic E-state index is 0.602. The Hall–Kier alpha value is -0.820. The van der Waals surface area contributed by atoms with Gasteiger partial charge in [-0.25, -0.2) is 0 Å². The molecular formula is C9H15N. The molecule has 0 aromatic rings. The zero-order chi connectivity index (χ0) is 7.82. The van der Waals surface area contributed by atoms with Crippen LogP contribution in [0.5, 0.6) is 0 Å². The number of nitrogens with two attached hydrogens (primary N) is 1. The highest BCUT2D eigenvalue weighted by molar-refractivity contribution is 5.21. The van der Waals surface area contributed by atoms with Crippen molar-refractivity contribution in [2.24, 2.45) is 5.73 Å². The maximum Gasteiger partial charge on any atom is 0.0109 e. The zero-order valence-electron chi connectivity index (χ0n) is 6.51. The number of rotatable bonds is 4. The molecule has 0 amide bonds. The standard InChI is InChI=1S/C9H15N/c1-3-9(4-2)7-5-6-8-10/h3,5-7H,1,4,8,10H2,2H3/b6-5+,9-7+. The fourth-order valence-corrected chi connectivity index (χ4v) is 0.600. The number of hydrogen-bond acceptors (Lipinski definition) is 1. The summed E-state index contributed by atoms with van der Waals surface area (Å²) in [6.45, 7) is 6.38. The third kappa shape index (κ3) is 4.10. The third-order valence-corrected chi connectivity index (χ3v) is 1.25. The molecule has 56 valence electrons. The van der Waals surface area contributed by atoms with E-state index in [0.29, 0.717) is 6.54 Å². The molecule has 0 saturated heterocycles. The highest BCUT2D eigenvalue weighted by Gasteiger charge is 1.80. The Morgan fingerprint density at radius 3 is 2.70 bits per heavy atom. The molecule has 0 rings (SSSR count). The van der Waals surface area contributed by atoms with Gasteiger partial charge in [-0.05, 0) is 12.0 Å². The van der Waals surface area contributed by atoms with Crippen LogP contribution in [-0.4, -0.2) is 6.54 Å². The van der Waals surface area contributed by atoms with Crippen molar-refractivity contribution in [2.45, 2.75) is 13.3 Å². The largest absolute Gasteiger partial charge is 0.327 e. The van der Waals surface area contributed by atoms with E-state index in [4.69, 9.17) is 5.73 Å². The molecule has 0 bridgehead atoms. The van der Waals surface area contributed by atoms with Crippen LogP contribution < -0.4 is 5.73 Å². The maximum atomic E-state index is 5.26. The third-order valence-electron chi connectivity index (χ3n) is 1.25. The van der Waals surface area contributed by atoms with Gasteiger partial charge in [0.1, 0.15) is 0 Å². The van der Waals surface area contributed by atoms with E-state index in [2.05, 4.69) is 13.5 Å². The predicted molar refractivity (Wildman–Crippen MR) is 46.8 cm³/mol. The summed E-state index contributed by atoms with van der Waals surface area (Å²) < 4.78 is 0. The molecule has 0 unspecified atom stereocenters. The summed E-state index contributed by atoms with van der Waals surface area (Å²) in [6, 6.07) is 0. The minimum Gasteiger partial charge on any atom is -0.327 e. The molecule has 10 heavy (non-hydrogen) atoms. The lowest BCUT2D eigenvalue weighted by Gasteiger charge is -1.90. The van der Waals surface area contributed by atoms with E-state index in [9.17, 15) is 0 Å². The number of hydrogen-bond donors (Lipinski definition) is 1. The fraction of sp³-hybridized carbons (Fsp3) is 0.333. The second kappa shape index (κ2) is 6.30. The molecule has 2 N–H and O–H groups in total. The molecule has 1 nitrogen and oxygen atoms in total. The van der Waals surface area contributed by atoms with Gasteiger partial charge in [-0.15, -0.1) is 0 Å². The second-order valence-corrected chi connectivity index (χ2v) is 1.96. The first-order valence-electron chi connectivity index (χ1n) is 3.53. The molecule has 0 aliphatic carbocycles. The Balaban J connectivity index is 3.85. The van der Waals surface area contributed by atoms with Gasteiger partial charge in [-0.2, -0.15) is 0 Å². The quantitative estimate of drug-likeness (QED) is 0.589. The molecule has 0 aromatic carbocycles. The lowest BCUT2D eigenvalue weighted by atomic mass is 10.2. The van der Waals surface area contributed by atoms with Gasteiger partial charge in [0.15, 0.2) is 0 Å². The van der Waals surface area contributed by atoms with E-state index < -0.39 is 0 Å². The summed E-state index contributed by atoms with van der Waals surface area (Å²) in [7, 11) is 0. The molecule has 0 fully saturated rings. The molecule has 0 aliphatic heterocycles. The highest BCUT2D eigenvalue weighted by atomic mass is 14.5. The zero-order valence-corrected chi connectivity index (χ0v) is 6.51. The maximum absolute atomic E-state index is 5.26. The van der Waals surface area contributed by atoms with E-state index in [0.717, 1.165) is 6.42 Å². The summed E-state index contributed by atoms with van der Waals surface area (Å²) in [5.74, 6) is 0. The van der Waals surface area contributed by atoms with Gasteiger partial charge < -0.3 is 5.73 Å². The van der Waals surface area contributed by atoms with Gasteiger partial charge in [0, 0.05) is 6.54 Å². The summed E-state index contributed by atoms with van der Waals surface area (Å²) in [5.41, 5.74) is 6.50. The van der Waals surface area contributed by atoms with Gasteiger partial charge in [0.05, 0.1) is 0 Å². The van der Waals surface area contributed by atoms with Crippen molar-refractivity contribution < 1.29 is 0 Å². The molecule has 0 heterocycles. The van der Waals surface area contributed by atoms with Crippen LogP contribution in [0, 0.1) is 0 Å². The van der Waals surface area contributed by atoms with Crippen LogP contribution in [0.2, 0.25) is 0 Å².